The molecule has 44 heavy (non-hydrogen) atoms. The zero-order chi connectivity index (χ0) is 29.5. The third kappa shape index (κ3) is 4.76. The van der Waals surface area contributed by atoms with E-state index >= 15 is 0 Å². The second kappa shape index (κ2) is 11.4. The molecule has 0 saturated carbocycles. The second-order valence-corrected chi connectivity index (χ2v) is 12.6. The van der Waals surface area contributed by atoms with Crippen LogP contribution in [0, 0.1) is 0 Å². The molecule has 2 aliphatic rings. The Morgan fingerprint density at radius 2 is 1.39 bits per heavy atom. The van der Waals surface area contributed by atoms with Crippen molar-refractivity contribution in [1.82, 2.24) is 0 Å². The molecule has 1 aliphatic heterocycles. The summed E-state index contributed by atoms with van der Waals surface area (Å²) in [6.45, 7) is 4.44. The lowest BCUT2D eigenvalue weighted by Gasteiger charge is -2.21. The van der Waals surface area contributed by atoms with E-state index in [0.717, 1.165) is 37.1 Å². The first-order valence-electron chi connectivity index (χ1n) is 15.5. The molecule has 1 N–H and O–H groups in total. The monoisotopic (exact) mass is 583 g/mol. The molecule has 6 aromatic rings. The molecular weight excluding hydrogens is 551 g/mol. The molecule has 1 nitrogen and oxygen atoms in total. The third-order valence-corrected chi connectivity index (χ3v) is 9.98. The zero-order valence-corrected chi connectivity index (χ0v) is 25.5. The van der Waals surface area contributed by atoms with Gasteiger partial charge in [-0.15, -0.1) is 0 Å². The fourth-order valence-corrected chi connectivity index (χ4v) is 7.90. The highest BCUT2D eigenvalue weighted by Gasteiger charge is 2.19. The highest BCUT2D eigenvalue weighted by Crippen LogP contribution is 2.45. The van der Waals surface area contributed by atoms with Crippen molar-refractivity contribution in [2.75, 3.05) is 5.32 Å². The van der Waals surface area contributed by atoms with Crippen molar-refractivity contribution in [2.24, 2.45) is 0 Å². The number of fused-ring (bicyclic) bond motifs is 7. The molecule has 0 aromatic heterocycles. The Morgan fingerprint density at radius 3 is 2.30 bits per heavy atom. The van der Waals surface area contributed by atoms with E-state index in [-0.39, 0.29) is 0 Å². The maximum absolute atomic E-state index is 4.44. The minimum absolute atomic E-state index is 0.980. The van der Waals surface area contributed by atoms with Gasteiger partial charge in [-0.05, 0) is 116 Å². The molecule has 1 aliphatic carbocycles. The van der Waals surface area contributed by atoms with E-state index in [1.54, 1.807) is 11.8 Å². The molecule has 0 spiro atoms. The van der Waals surface area contributed by atoms with E-state index in [2.05, 4.69) is 145 Å². The van der Waals surface area contributed by atoms with Gasteiger partial charge in [0.25, 0.3) is 0 Å². The number of hydrogen-bond acceptors (Lipinski definition) is 2. The van der Waals surface area contributed by atoms with Crippen molar-refractivity contribution < 1.29 is 0 Å². The first-order chi connectivity index (χ1) is 21.7. The van der Waals surface area contributed by atoms with Gasteiger partial charge in [0.2, 0.25) is 0 Å². The molecule has 212 valence electrons. The van der Waals surface area contributed by atoms with Gasteiger partial charge in [0.05, 0.1) is 0 Å². The molecule has 0 atom stereocenters. The highest BCUT2D eigenvalue weighted by molar-refractivity contribution is 8.02. The van der Waals surface area contributed by atoms with Crippen molar-refractivity contribution in [3.63, 3.8) is 0 Å². The molecule has 0 amide bonds. The number of anilines is 2. The third-order valence-electron chi connectivity index (χ3n) is 8.99. The van der Waals surface area contributed by atoms with Crippen molar-refractivity contribution in [3.8, 4) is 22.3 Å². The number of thioether (sulfide) groups is 1. The number of nitrogens with one attached hydrogen (secondary N) is 1. The van der Waals surface area contributed by atoms with Crippen molar-refractivity contribution in [3.05, 3.63) is 150 Å². The second-order valence-electron chi connectivity index (χ2n) is 11.7. The average Bonchev–Trinajstić information content (AvgIpc) is 3.07. The van der Waals surface area contributed by atoms with E-state index in [9.17, 15) is 0 Å². The molecule has 1 heterocycles. The summed E-state index contributed by atoms with van der Waals surface area (Å²) < 4.78 is 0. The number of allylic oxidation sites excluding steroid dienone is 3. The van der Waals surface area contributed by atoms with Crippen molar-refractivity contribution in [2.45, 2.75) is 30.6 Å². The Labute approximate surface area is 263 Å². The molecule has 8 rings (SSSR count). The summed E-state index contributed by atoms with van der Waals surface area (Å²) in [6.07, 6.45) is 11.1. The van der Waals surface area contributed by atoms with E-state index in [4.69, 9.17) is 0 Å². The van der Waals surface area contributed by atoms with Crippen LogP contribution >= 0.6 is 11.8 Å². The smallest absolute Gasteiger partial charge is 0.0475 e. The lowest BCUT2D eigenvalue weighted by molar-refractivity contribution is 1.00. The molecule has 0 fully saturated rings. The summed E-state index contributed by atoms with van der Waals surface area (Å²) in [7, 11) is 0. The highest BCUT2D eigenvalue weighted by atomic mass is 32.2. The maximum atomic E-state index is 4.44. The van der Waals surface area contributed by atoms with Gasteiger partial charge in [-0.2, -0.15) is 0 Å². The summed E-state index contributed by atoms with van der Waals surface area (Å²) in [4.78, 5) is 1.26. The van der Waals surface area contributed by atoms with Gasteiger partial charge in [0, 0.05) is 21.8 Å². The largest absolute Gasteiger partial charge is 0.355 e. The quantitative estimate of drug-likeness (QED) is 0.207. The van der Waals surface area contributed by atoms with Gasteiger partial charge in [-0.25, -0.2) is 0 Å². The number of benzene rings is 6. The summed E-state index contributed by atoms with van der Waals surface area (Å²) in [5.74, 6) is 0. The fourth-order valence-electron chi connectivity index (χ4n) is 6.84. The normalized spacial score (nSPS) is 15.0. The van der Waals surface area contributed by atoms with Crippen molar-refractivity contribution in [1.29, 1.82) is 0 Å². The Hall–Kier alpha value is -4.79. The molecule has 2 heteroatoms. The Morgan fingerprint density at radius 1 is 0.614 bits per heavy atom. The van der Waals surface area contributed by atoms with Crippen molar-refractivity contribution >= 4 is 56.3 Å². The molecule has 0 radical (unpaired) electrons. The van der Waals surface area contributed by atoms with Crippen LogP contribution < -0.4 is 5.32 Å². The van der Waals surface area contributed by atoms with E-state index in [0.29, 0.717) is 0 Å². The van der Waals surface area contributed by atoms with Crippen LogP contribution in [0.2, 0.25) is 0 Å². The minimum atomic E-state index is 0.980. The van der Waals surface area contributed by atoms with Crippen LogP contribution in [0.3, 0.4) is 0 Å². The van der Waals surface area contributed by atoms with Crippen LogP contribution in [0.15, 0.2) is 138 Å². The fraction of sp³-hybridized carbons (Fsp3) is 0.0952. The number of rotatable bonds is 4. The molecular formula is C42H33NS. The SMILES string of the molecule is C=C1CC/C=C\Sc2c1ccc(Nc1cccc(-c3ccc4c(c3)c3c(c5ccccc54)C=CCC3)c1)c2-c1ccccc1. The Balaban J connectivity index is 1.23. The van der Waals surface area contributed by atoms with E-state index in [1.807, 2.05) is 0 Å². The maximum Gasteiger partial charge on any atom is 0.0475 e. The lowest BCUT2D eigenvalue weighted by atomic mass is 9.85. The first kappa shape index (κ1) is 26.8. The zero-order valence-electron chi connectivity index (χ0n) is 24.6. The van der Waals surface area contributed by atoms with Crippen LogP contribution in [0.1, 0.15) is 36.0 Å². The van der Waals surface area contributed by atoms with Crippen LogP contribution in [0.25, 0.3) is 55.4 Å². The number of aryl methyl sites for hydroxylation is 1. The predicted molar refractivity (Wildman–Crippen MR) is 193 cm³/mol. The molecule has 0 saturated heterocycles. The van der Waals surface area contributed by atoms with E-state index < -0.39 is 0 Å². The van der Waals surface area contributed by atoms with Crippen LogP contribution in [-0.4, -0.2) is 0 Å². The predicted octanol–water partition coefficient (Wildman–Crippen LogP) is 12.4. The van der Waals surface area contributed by atoms with Gasteiger partial charge in [-0.1, -0.05) is 121 Å². The average molecular weight is 584 g/mol. The Bertz CT molecular complexity index is 2130. The summed E-state index contributed by atoms with van der Waals surface area (Å²) in [5, 5.41) is 11.5. The number of hydrogen-bond donors (Lipinski definition) is 1. The molecule has 0 unspecified atom stereocenters. The van der Waals surface area contributed by atoms with E-state index in [1.165, 1.54) is 71.0 Å². The van der Waals surface area contributed by atoms with Crippen LogP contribution in [0.4, 0.5) is 11.4 Å². The van der Waals surface area contributed by atoms with Gasteiger partial charge in [-0.3, -0.25) is 0 Å². The van der Waals surface area contributed by atoms with Gasteiger partial charge in [0.1, 0.15) is 0 Å². The van der Waals surface area contributed by atoms with Crippen LogP contribution in [-0.2, 0) is 6.42 Å². The lowest BCUT2D eigenvalue weighted by Crippen LogP contribution is -1.99. The molecule has 6 aromatic carbocycles. The summed E-state index contributed by atoms with van der Waals surface area (Å²) in [6, 6.07) is 39.9. The summed E-state index contributed by atoms with van der Waals surface area (Å²) in [5.41, 5.74) is 12.4. The standard InChI is InChI=1S/C42H33NS/c1-28-12-9-10-25-44-42-33(28)23-24-40(41(42)29-13-3-2-4-14-29)43-32-16-11-15-30(26-32)31-21-22-38-36-19-6-5-17-34(36)35-18-7-8-20-37(35)39(38)27-31/h2-7,10-11,13-19,21-27,43H,1,8-9,12,20H2/b25-10-. The topological polar surface area (TPSA) is 12.0 Å². The molecule has 0 bridgehead atoms. The van der Waals surface area contributed by atoms with Gasteiger partial charge < -0.3 is 5.32 Å². The Kier molecular flexibility index (Phi) is 6.93. The van der Waals surface area contributed by atoms with Gasteiger partial charge >= 0.3 is 0 Å². The first-order valence-corrected chi connectivity index (χ1v) is 16.4. The minimum Gasteiger partial charge on any atom is -0.355 e. The summed E-state index contributed by atoms with van der Waals surface area (Å²) >= 11 is 1.80. The van der Waals surface area contributed by atoms with Crippen LogP contribution in [0.5, 0.6) is 0 Å². The van der Waals surface area contributed by atoms with Gasteiger partial charge in [0.15, 0.2) is 0 Å².